The highest BCUT2D eigenvalue weighted by Crippen LogP contribution is 2.35. The number of hydrogen-bond donors (Lipinski definition) is 2. The summed E-state index contributed by atoms with van der Waals surface area (Å²) in [4.78, 5) is 4.51. The molecule has 0 spiro atoms. The largest absolute Gasteiger partial charge is 0.378 e. The monoisotopic (exact) mass is 257 g/mol. The average Bonchev–Trinajstić information content (AvgIpc) is 2.86. The van der Waals surface area contributed by atoms with Crippen LogP contribution < -0.4 is 11.3 Å². The third kappa shape index (κ3) is 2.23. The molecular formula is C15H19N3O. The van der Waals surface area contributed by atoms with Crippen LogP contribution in [0.3, 0.4) is 0 Å². The first-order chi connectivity index (χ1) is 9.31. The molecule has 4 heteroatoms. The first kappa shape index (κ1) is 12.5. The van der Waals surface area contributed by atoms with Crippen molar-refractivity contribution in [3.63, 3.8) is 0 Å². The van der Waals surface area contributed by atoms with Crippen molar-refractivity contribution in [2.24, 2.45) is 11.8 Å². The second kappa shape index (κ2) is 5.25. The molecule has 2 aromatic rings. The van der Waals surface area contributed by atoms with Gasteiger partial charge in [-0.15, -0.1) is 0 Å². The van der Waals surface area contributed by atoms with Crippen LogP contribution in [0.2, 0.25) is 0 Å². The molecule has 0 saturated carbocycles. The molecule has 4 nitrogen and oxygen atoms in total. The maximum absolute atomic E-state index is 5.80. The van der Waals surface area contributed by atoms with Crippen molar-refractivity contribution < 1.29 is 4.74 Å². The van der Waals surface area contributed by atoms with Crippen LogP contribution in [0.5, 0.6) is 0 Å². The predicted molar refractivity (Wildman–Crippen MR) is 75.3 cm³/mol. The standard InChI is InChI=1S/C15H19N3O/c1-10-12(7-9-19-10)15(18-16)13-6-2-4-11-5-3-8-17-14(11)13/h2-6,8,10,12,15,18H,7,9,16H2,1H3. The number of hydrazine groups is 1. The summed E-state index contributed by atoms with van der Waals surface area (Å²) in [6.07, 6.45) is 3.08. The van der Waals surface area contributed by atoms with E-state index >= 15 is 0 Å². The summed E-state index contributed by atoms with van der Waals surface area (Å²) < 4.78 is 5.67. The maximum Gasteiger partial charge on any atom is 0.0750 e. The lowest BCUT2D eigenvalue weighted by Gasteiger charge is -2.26. The minimum atomic E-state index is 0.0797. The van der Waals surface area contributed by atoms with Crippen molar-refractivity contribution in [3.05, 3.63) is 42.1 Å². The van der Waals surface area contributed by atoms with Crippen LogP contribution in [0, 0.1) is 5.92 Å². The van der Waals surface area contributed by atoms with Gasteiger partial charge in [0.25, 0.3) is 0 Å². The summed E-state index contributed by atoms with van der Waals surface area (Å²) >= 11 is 0. The van der Waals surface area contributed by atoms with Gasteiger partial charge >= 0.3 is 0 Å². The fraction of sp³-hybridized carbons (Fsp3) is 0.400. The van der Waals surface area contributed by atoms with Crippen LogP contribution in [-0.4, -0.2) is 17.7 Å². The first-order valence-electron chi connectivity index (χ1n) is 6.72. The second-order valence-electron chi connectivity index (χ2n) is 5.10. The zero-order valence-electron chi connectivity index (χ0n) is 11.0. The summed E-state index contributed by atoms with van der Waals surface area (Å²) in [6.45, 7) is 2.92. The van der Waals surface area contributed by atoms with E-state index in [4.69, 9.17) is 10.6 Å². The quantitative estimate of drug-likeness (QED) is 0.653. The van der Waals surface area contributed by atoms with Crippen LogP contribution in [0.25, 0.3) is 10.9 Å². The molecule has 1 fully saturated rings. The molecule has 2 heterocycles. The van der Waals surface area contributed by atoms with E-state index in [1.54, 1.807) is 0 Å². The number of nitrogens with zero attached hydrogens (tertiary/aromatic N) is 1. The number of fused-ring (bicyclic) bond motifs is 1. The zero-order valence-corrected chi connectivity index (χ0v) is 11.0. The van der Waals surface area contributed by atoms with E-state index in [9.17, 15) is 0 Å². The highest BCUT2D eigenvalue weighted by atomic mass is 16.5. The van der Waals surface area contributed by atoms with Gasteiger partial charge in [0.15, 0.2) is 0 Å². The molecule has 3 rings (SSSR count). The van der Waals surface area contributed by atoms with E-state index in [1.165, 1.54) is 0 Å². The van der Waals surface area contributed by atoms with Crippen molar-refractivity contribution in [3.8, 4) is 0 Å². The smallest absolute Gasteiger partial charge is 0.0750 e. The third-order valence-electron chi connectivity index (χ3n) is 4.04. The van der Waals surface area contributed by atoms with Crippen molar-refractivity contribution in [1.82, 2.24) is 10.4 Å². The fourth-order valence-electron chi connectivity index (χ4n) is 3.01. The minimum absolute atomic E-state index is 0.0797. The lowest BCUT2D eigenvalue weighted by molar-refractivity contribution is 0.0955. The number of para-hydroxylation sites is 1. The second-order valence-corrected chi connectivity index (χ2v) is 5.10. The molecule has 19 heavy (non-hydrogen) atoms. The number of aromatic nitrogens is 1. The van der Waals surface area contributed by atoms with Crippen molar-refractivity contribution in [2.75, 3.05) is 6.61 Å². The van der Waals surface area contributed by atoms with E-state index in [-0.39, 0.29) is 12.1 Å². The first-order valence-corrected chi connectivity index (χ1v) is 6.72. The highest BCUT2D eigenvalue weighted by Gasteiger charge is 2.33. The molecule has 1 saturated heterocycles. The molecule has 0 aliphatic carbocycles. The van der Waals surface area contributed by atoms with Crippen LogP contribution in [0.4, 0.5) is 0 Å². The van der Waals surface area contributed by atoms with Crippen LogP contribution in [-0.2, 0) is 4.74 Å². The SMILES string of the molecule is CC1OCCC1C(NN)c1cccc2cccnc12. The summed E-state index contributed by atoms with van der Waals surface area (Å²) in [6, 6.07) is 10.4. The molecule has 1 aromatic heterocycles. The van der Waals surface area contributed by atoms with E-state index in [0.29, 0.717) is 5.92 Å². The van der Waals surface area contributed by atoms with Gasteiger partial charge in [0.2, 0.25) is 0 Å². The number of benzene rings is 1. The Bertz CT molecular complexity index is 567. The predicted octanol–water partition coefficient (Wildman–Crippen LogP) is 2.16. The number of nitrogens with one attached hydrogen (secondary N) is 1. The van der Waals surface area contributed by atoms with Gasteiger partial charge in [-0.05, 0) is 25.0 Å². The van der Waals surface area contributed by atoms with Gasteiger partial charge in [0, 0.05) is 24.1 Å². The Morgan fingerprint density at radius 1 is 1.37 bits per heavy atom. The number of ether oxygens (including phenoxy) is 1. The molecule has 3 N–H and O–H groups in total. The topological polar surface area (TPSA) is 60.2 Å². The van der Waals surface area contributed by atoms with E-state index < -0.39 is 0 Å². The normalized spacial score (nSPS) is 24.7. The van der Waals surface area contributed by atoms with Crippen LogP contribution in [0.15, 0.2) is 36.5 Å². The summed E-state index contributed by atoms with van der Waals surface area (Å²) in [7, 11) is 0. The average molecular weight is 257 g/mol. The maximum atomic E-state index is 5.80. The Morgan fingerprint density at radius 3 is 2.95 bits per heavy atom. The molecule has 0 amide bonds. The lowest BCUT2D eigenvalue weighted by atomic mass is 9.87. The minimum Gasteiger partial charge on any atom is -0.378 e. The van der Waals surface area contributed by atoms with Gasteiger partial charge in [-0.1, -0.05) is 24.3 Å². The molecule has 3 unspecified atom stereocenters. The Balaban J connectivity index is 2.06. The Labute approximate surface area is 112 Å². The molecule has 0 bridgehead atoms. The van der Waals surface area contributed by atoms with E-state index in [2.05, 4.69) is 41.6 Å². The Morgan fingerprint density at radius 2 is 2.21 bits per heavy atom. The van der Waals surface area contributed by atoms with Crippen molar-refractivity contribution in [2.45, 2.75) is 25.5 Å². The number of hydrogen-bond acceptors (Lipinski definition) is 4. The summed E-state index contributed by atoms with van der Waals surface area (Å²) in [5, 5.41) is 1.15. The highest BCUT2D eigenvalue weighted by molar-refractivity contribution is 5.82. The molecule has 3 atom stereocenters. The van der Waals surface area contributed by atoms with Gasteiger partial charge in [0.05, 0.1) is 17.7 Å². The number of pyridine rings is 1. The van der Waals surface area contributed by atoms with Crippen LogP contribution in [0.1, 0.15) is 24.9 Å². The van der Waals surface area contributed by atoms with Gasteiger partial charge in [-0.25, -0.2) is 0 Å². The van der Waals surface area contributed by atoms with Gasteiger partial charge < -0.3 is 4.74 Å². The van der Waals surface area contributed by atoms with Gasteiger partial charge in [0.1, 0.15) is 0 Å². The molecule has 1 aliphatic heterocycles. The van der Waals surface area contributed by atoms with Crippen LogP contribution >= 0.6 is 0 Å². The lowest BCUT2D eigenvalue weighted by Crippen LogP contribution is -2.36. The Hall–Kier alpha value is -1.49. The molecule has 1 aromatic carbocycles. The molecule has 0 radical (unpaired) electrons. The van der Waals surface area contributed by atoms with Gasteiger partial charge in [-0.3, -0.25) is 16.3 Å². The summed E-state index contributed by atoms with van der Waals surface area (Å²) in [5.74, 6) is 6.19. The fourth-order valence-corrected chi connectivity index (χ4v) is 3.01. The Kier molecular flexibility index (Phi) is 3.46. The molecule has 100 valence electrons. The third-order valence-corrected chi connectivity index (χ3v) is 4.04. The van der Waals surface area contributed by atoms with Crippen molar-refractivity contribution in [1.29, 1.82) is 0 Å². The van der Waals surface area contributed by atoms with Gasteiger partial charge in [-0.2, -0.15) is 0 Å². The number of rotatable bonds is 3. The van der Waals surface area contributed by atoms with E-state index in [1.807, 2.05) is 12.3 Å². The number of nitrogens with two attached hydrogens (primary N) is 1. The molecular weight excluding hydrogens is 238 g/mol. The zero-order chi connectivity index (χ0) is 13.2. The van der Waals surface area contributed by atoms with E-state index in [0.717, 1.165) is 29.5 Å². The summed E-state index contributed by atoms with van der Waals surface area (Å²) in [5.41, 5.74) is 5.14. The van der Waals surface area contributed by atoms with Crippen molar-refractivity contribution >= 4 is 10.9 Å². The molecule has 1 aliphatic rings.